The van der Waals surface area contributed by atoms with Gasteiger partial charge in [0.1, 0.15) is 13.1 Å². The van der Waals surface area contributed by atoms with Crippen LogP contribution in [0.25, 0.3) is 0 Å². The Morgan fingerprint density at radius 3 is 2.36 bits per heavy atom. The molecule has 6 heteroatoms. The van der Waals surface area contributed by atoms with Crippen LogP contribution < -0.4 is 0 Å². The predicted molar refractivity (Wildman–Crippen MR) is 43.7 cm³/mol. The van der Waals surface area contributed by atoms with Gasteiger partial charge >= 0.3 is 12.0 Å². The van der Waals surface area contributed by atoms with Gasteiger partial charge in [-0.15, -0.1) is 8.78 Å². The van der Waals surface area contributed by atoms with Crippen molar-refractivity contribution < 1.29 is 27.5 Å². The number of ether oxygens (including phenoxy) is 2. The van der Waals surface area contributed by atoms with Gasteiger partial charge in [0, 0.05) is 0 Å². The number of quaternary nitrogens is 1. The van der Waals surface area contributed by atoms with Gasteiger partial charge in [0.05, 0.1) is 27.4 Å². The summed E-state index contributed by atoms with van der Waals surface area (Å²) in [5, 5.41) is 0. The molecule has 1 aliphatic heterocycles. The van der Waals surface area contributed by atoms with Gasteiger partial charge in [0.25, 0.3) is 0 Å². The largest absolute Gasteiger partial charge is 0.491 e. The second kappa shape index (κ2) is 3.78. The molecule has 1 rings (SSSR count). The van der Waals surface area contributed by atoms with Crippen molar-refractivity contribution in [1.82, 2.24) is 0 Å². The molecule has 0 bridgehead atoms. The van der Waals surface area contributed by atoms with Crippen molar-refractivity contribution in [2.75, 3.05) is 40.5 Å². The normalized spacial score (nSPS) is 21.7. The average molecular weight is 210 g/mol. The molecular weight excluding hydrogens is 196 g/mol. The monoisotopic (exact) mass is 210 g/mol. The molecule has 0 unspecified atom stereocenters. The van der Waals surface area contributed by atoms with Gasteiger partial charge in [-0.2, -0.15) is 0 Å². The lowest BCUT2D eigenvalue weighted by Gasteiger charge is -2.40. The molecule has 1 fully saturated rings. The third-order valence-corrected chi connectivity index (χ3v) is 2.57. The summed E-state index contributed by atoms with van der Waals surface area (Å²) in [5.41, 5.74) is 0. The number of methoxy groups -OCH3 is 1. The molecule has 0 saturated carbocycles. The van der Waals surface area contributed by atoms with Crippen LogP contribution in [0.2, 0.25) is 0 Å². The summed E-state index contributed by atoms with van der Waals surface area (Å²) >= 11 is 0. The number of hydrogen-bond acceptors (Lipinski definition) is 3. The van der Waals surface area contributed by atoms with Crippen LogP contribution in [0.4, 0.5) is 8.78 Å². The summed E-state index contributed by atoms with van der Waals surface area (Å²) in [4.78, 5) is 10.9. The minimum absolute atomic E-state index is 0.113. The SMILES string of the molecule is COC(=O)C(F)(F)[N+]1(C)CCOCC1. The molecule has 0 aliphatic carbocycles. The van der Waals surface area contributed by atoms with Crippen molar-refractivity contribution in [3.05, 3.63) is 0 Å². The lowest BCUT2D eigenvalue weighted by molar-refractivity contribution is -0.987. The van der Waals surface area contributed by atoms with Crippen LogP contribution in [0.5, 0.6) is 0 Å². The lowest BCUT2D eigenvalue weighted by atomic mass is 10.3. The van der Waals surface area contributed by atoms with Crippen molar-refractivity contribution >= 4 is 5.97 Å². The average Bonchev–Trinajstić information content (AvgIpc) is 2.17. The number of carbonyl (C=O) groups is 1. The molecule has 1 heterocycles. The van der Waals surface area contributed by atoms with Crippen molar-refractivity contribution in [1.29, 1.82) is 0 Å². The van der Waals surface area contributed by atoms with E-state index >= 15 is 0 Å². The number of morpholine rings is 1. The summed E-state index contributed by atoms with van der Waals surface area (Å²) in [6.07, 6.45) is 0. The molecule has 82 valence electrons. The fraction of sp³-hybridized carbons (Fsp3) is 0.875. The zero-order chi connectivity index (χ0) is 10.8. The molecule has 0 amide bonds. The van der Waals surface area contributed by atoms with Gasteiger partial charge in [-0.05, 0) is 0 Å². The molecule has 0 aromatic carbocycles. The Balaban J connectivity index is 2.82. The molecule has 0 spiro atoms. The molecule has 0 atom stereocenters. The first kappa shape index (κ1) is 11.3. The number of alkyl halides is 2. The standard InChI is InChI=1S/C8H14F2NO3/c1-11(3-5-14-6-4-11)8(9,10)7(12)13-2/h3-6H2,1-2H3/q+1. The zero-order valence-corrected chi connectivity index (χ0v) is 8.26. The molecule has 0 radical (unpaired) electrons. The second-order valence-corrected chi connectivity index (χ2v) is 3.49. The van der Waals surface area contributed by atoms with E-state index in [0.717, 1.165) is 7.11 Å². The first-order chi connectivity index (χ1) is 6.44. The van der Waals surface area contributed by atoms with Crippen molar-refractivity contribution in [2.45, 2.75) is 6.05 Å². The number of nitrogens with zero attached hydrogens (tertiary/aromatic N) is 1. The Kier molecular flexibility index (Phi) is 3.06. The van der Waals surface area contributed by atoms with E-state index in [9.17, 15) is 13.6 Å². The molecular formula is C8H14F2NO3+. The highest BCUT2D eigenvalue weighted by Gasteiger charge is 2.59. The van der Waals surface area contributed by atoms with Gasteiger partial charge in [0.15, 0.2) is 0 Å². The van der Waals surface area contributed by atoms with E-state index in [-0.39, 0.29) is 26.3 Å². The number of carbonyl (C=O) groups excluding carboxylic acids is 1. The maximum Gasteiger partial charge on any atom is 0.491 e. The van der Waals surface area contributed by atoms with E-state index in [1.165, 1.54) is 7.05 Å². The van der Waals surface area contributed by atoms with E-state index in [1.54, 1.807) is 0 Å². The molecule has 1 saturated heterocycles. The first-order valence-corrected chi connectivity index (χ1v) is 4.33. The number of hydrogen-bond donors (Lipinski definition) is 0. The fourth-order valence-electron chi connectivity index (χ4n) is 1.37. The topological polar surface area (TPSA) is 35.5 Å². The summed E-state index contributed by atoms with van der Waals surface area (Å²) in [6, 6.07) is -3.49. The zero-order valence-electron chi connectivity index (χ0n) is 8.26. The Morgan fingerprint density at radius 2 is 1.93 bits per heavy atom. The van der Waals surface area contributed by atoms with E-state index in [4.69, 9.17) is 4.74 Å². The highest BCUT2D eigenvalue weighted by molar-refractivity contribution is 5.75. The first-order valence-electron chi connectivity index (χ1n) is 4.33. The molecule has 1 aliphatic rings. The number of halogens is 2. The highest BCUT2D eigenvalue weighted by atomic mass is 19.3. The number of likely N-dealkylation sites (N-methyl/N-ethyl adjacent to an activating group) is 1. The van der Waals surface area contributed by atoms with E-state index in [1.807, 2.05) is 0 Å². The van der Waals surface area contributed by atoms with Crippen LogP contribution in [-0.4, -0.2) is 57.0 Å². The van der Waals surface area contributed by atoms with E-state index in [0.29, 0.717) is 0 Å². The Bertz CT molecular complexity index is 227. The van der Waals surface area contributed by atoms with Crippen molar-refractivity contribution in [3.63, 3.8) is 0 Å². The van der Waals surface area contributed by atoms with Gasteiger partial charge in [-0.3, -0.25) is 4.48 Å². The van der Waals surface area contributed by atoms with Crippen molar-refractivity contribution in [3.8, 4) is 0 Å². The van der Waals surface area contributed by atoms with Gasteiger partial charge < -0.3 is 9.47 Å². The van der Waals surface area contributed by atoms with Crippen LogP contribution in [0.3, 0.4) is 0 Å². The Hall–Kier alpha value is -0.750. The Labute approximate surface area is 81.0 Å². The minimum Gasteiger partial charge on any atom is -0.460 e. The van der Waals surface area contributed by atoms with Crippen LogP contribution in [-0.2, 0) is 14.3 Å². The summed E-state index contributed by atoms with van der Waals surface area (Å²) in [7, 11) is 2.29. The van der Waals surface area contributed by atoms with Gasteiger partial charge in [-0.25, -0.2) is 4.79 Å². The maximum atomic E-state index is 13.5. The molecule has 4 nitrogen and oxygen atoms in total. The lowest BCUT2D eigenvalue weighted by Crippen LogP contribution is -2.65. The van der Waals surface area contributed by atoms with Crippen molar-refractivity contribution in [2.24, 2.45) is 0 Å². The Morgan fingerprint density at radius 1 is 1.43 bits per heavy atom. The maximum absolute atomic E-state index is 13.5. The van der Waals surface area contributed by atoms with Crippen LogP contribution in [0.15, 0.2) is 0 Å². The quantitative estimate of drug-likeness (QED) is 0.372. The van der Waals surface area contributed by atoms with Gasteiger partial charge in [0.2, 0.25) is 0 Å². The predicted octanol–water partition coefficient (Wildman–Crippen LogP) is 0.229. The van der Waals surface area contributed by atoms with Crippen LogP contribution in [0.1, 0.15) is 0 Å². The van der Waals surface area contributed by atoms with Crippen LogP contribution >= 0.6 is 0 Å². The molecule has 0 N–H and O–H groups in total. The highest BCUT2D eigenvalue weighted by Crippen LogP contribution is 2.29. The minimum atomic E-state index is -3.49. The number of esters is 1. The molecule has 14 heavy (non-hydrogen) atoms. The van der Waals surface area contributed by atoms with E-state index < -0.39 is 16.5 Å². The fourth-order valence-corrected chi connectivity index (χ4v) is 1.37. The smallest absolute Gasteiger partial charge is 0.460 e. The van der Waals surface area contributed by atoms with Crippen LogP contribution in [0, 0.1) is 0 Å². The van der Waals surface area contributed by atoms with E-state index in [2.05, 4.69) is 4.74 Å². The molecule has 0 aromatic rings. The number of rotatable bonds is 2. The summed E-state index contributed by atoms with van der Waals surface area (Å²) in [6.45, 7) is 0.705. The molecule has 0 aromatic heterocycles. The summed E-state index contributed by atoms with van der Waals surface area (Å²) < 4.78 is 35.5. The van der Waals surface area contributed by atoms with Gasteiger partial charge in [-0.1, -0.05) is 0 Å². The summed E-state index contributed by atoms with van der Waals surface area (Å²) in [5.74, 6) is -1.48. The second-order valence-electron chi connectivity index (χ2n) is 3.49. The third-order valence-electron chi connectivity index (χ3n) is 2.57. The third kappa shape index (κ3) is 1.72.